The monoisotopic (exact) mass is 430 g/mol. The Labute approximate surface area is 183 Å². The number of aldehydes is 1. The van der Waals surface area contributed by atoms with Gasteiger partial charge in [-0.15, -0.1) is 0 Å². The minimum atomic E-state index is 0.454. The summed E-state index contributed by atoms with van der Waals surface area (Å²) in [7, 11) is 9.43. The quantitative estimate of drug-likeness (QED) is 0.372. The Balaban J connectivity index is 2.18. The Hall–Kier alpha value is -3.35. The SMILES string of the molecule is COc1cc(CC/C=C(/C=O)Cc2cc(OC)c(OC)c(OC)c2)cc(OC)c1OC. The van der Waals surface area contributed by atoms with Crippen LogP contribution in [0.25, 0.3) is 0 Å². The van der Waals surface area contributed by atoms with E-state index in [0.29, 0.717) is 59.3 Å². The van der Waals surface area contributed by atoms with Crippen molar-refractivity contribution in [1.29, 1.82) is 0 Å². The van der Waals surface area contributed by atoms with Crippen molar-refractivity contribution in [3.8, 4) is 34.5 Å². The lowest BCUT2D eigenvalue weighted by Crippen LogP contribution is -1.99. The summed E-state index contributed by atoms with van der Waals surface area (Å²) in [5, 5.41) is 0. The summed E-state index contributed by atoms with van der Waals surface area (Å²) >= 11 is 0. The van der Waals surface area contributed by atoms with Gasteiger partial charge >= 0.3 is 0 Å². The van der Waals surface area contributed by atoms with E-state index in [2.05, 4.69) is 0 Å². The van der Waals surface area contributed by atoms with Crippen LogP contribution in [0.4, 0.5) is 0 Å². The fourth-order valence-electron chi connectivity index (χ4n) is 3.34. The number of carbonyl (C=O) groups excluding carboxylic acids is 1. The molecule has 0 heterocycles. The fraction of sp³-hybridized carbons (Fsp3) is 0.375. The number of rotatable bonds is 12. The molecular weight excluding hydrogens is 400 g/mol. The lowest BCUT2D eigenvalue weighted by Gasteiger charge is -2.14. The van der Waals surface area contributed by atoms with Gasteiger partial charge in [0.05, 0.1) is 42.7 Å². The average molecular weight is 430 g/mol. The molecule has 0 fully saturated rings. The van der Waals surface area contributed by atoms with Gasteiger partial charge in [0.15, 0.2) is 23.0 Å². The van der Waals surface area contributed by atoms with Crippen LogP contribution in [-0.4, -0.2) is 48.9 Å². The van der Waals surface area contributed by atoms with Crippen molar-refractivity contribution in [3.05, 3.63) is 47.0 Å². The molecule has 7 nitrogen and oxygen atoms in total. The lowest BCUT2D eigenvalue weighted by molar-refractivity contribution is -0.105. The van der Waals surface area contributed by atoms with Crippen LogP contribution >= 0.6 is 0 Å². The topological polar surface area (TPSA) is 72.5 Å². The maximum absolute atomic E-state index is 11.7. The summed E-state index contributed by atoms with van der Waals surface area (Å²) in [6.45, 7) is 0. The number of aryl methyl sites for hydroxylation is 1. The summed E-state index contributed by atoms with van der Waals surface area (Å²) in [6.07, 6.45) is 4.65. The molecule has 0 N–H and O–H groups in total. The molecule has 0 spiro atoms. The van der Waals surface area contributed by atoms with E-state index in [9.17, 15) is 4.79 Å². The lowest BCUT2D eigenvalue weighted by atomic mass is 10.0. The van der Waals surface area contributed by atoms with E-state index in [1.54, 1.807) is 42.7 Å². The fourth-order valence-corrected chi connectivity index (χ4v) is 3.34. The van der Waals surface area contributed by atoms with E-state index in [4.69, 9.17) is 28.4 Å². The second-order valence-corrected chi connectivity index (χ2v) is 6.68. The summed E-state index contributed by atoms with van der Waals surface area (Å²) in [5.41, 5.74) is 2.58. The molecular formula is C24H30O7. The van der Waals surface area contributed by atoms with E-state index in [1.165, 1.54) is 0 Å². The number of ether oxygens (including phenoxy) is 6. The summed E-state index contributed by atoms with van der Waals surface area (Å²) in [5.74, 6) is 3.40. The summed E-state index contributed by atoms with van der Waals surface area (Å²) in [6, 6.07) is 7.51. The average Bonchev–Trinajstić information content (AvgIpc) is 2.81. The van der Waals surface area contributed by atoms with Crippen LogP contribution in [0.15, 0.2) is 35.9 Å². The molecule has 0 bridgehead atoms. The van der Waals surface area contributed by atoms with Crippen LogP contribution in [0, 0.1) is 0 Å². The Morgan fingerprint density at radius 1 is 0.677 bits per heavy atom. The van der Waals surface area contributed by atoms with Crippen molar-refractivity contribution in [2.75, 3.05) is 42.7 Å². The van der Waals surface area contributed by atoms with Gasteiger partial charge in [0, 0.05) is 6.42 Å². The molecule has 168 valence electrons. The number of carbonyl (C=O) groups is 1. The molecule has 7 heteroatoms. The van der Waals surface area contributed by atoms with Crippen molar-refractivity contribution in [3.63, 3.8) is 0 Å². The zero-order valence-corrected chi connectivity index (χ0v) is 18.9. The highest BCUT2D eigenvalue weighted by Crippen LogP contribution is 2.39. The van der Waals surface area contributed by atoms with Crippen LogP contribution in [0.5, 0.6) is 34.5 Å². The number of benzene rings is 2. The molecule has 31 heavy (non-hydrogen) atoms. The molecule has 2 aromatic rings. The Morgan fingerprint density at radius 2 is 1.10 bits per heavy atom. The van der Waals surface area contributed by atoms with Gasteiger partial charge in [0.25, 0.3) is 0 Å². The minimum Gasteiger partial charge on any atom is -0.493 e. The number of hydrogen-bond acceptors (Lipinski definition) is 7. The van der Waals surface area contributed by atoms with Crippen LogP contribution in [-0.2, 0) is 17.6 Å². The highest BCUT2D eigenvalue weighted by atomic mass is 16.5. The maximum Gasteiger partial charge on any atom is 0.203 e. The standard InChI is InChI=1S/C24H30O7/c1-26-19-11-16(12-20(27-2)23(19)30-5)8-7-9-17(15-25)10-18-13-21(28-3)24(31-6)22(14-18)29-4/h9,11-15H,7-8,10H2,1-6H3/b17-9+. The summed E-state index contributed by atoms with van der Waals surface area (Å²) < 4.78 is 32.3. The van der Waals surface area contributed by atoms with E-state index in [1.807, 2.05) is 30.3 Å². The third kappa shape index (κ3) is 5.84. The normalized spacial score (nSPS) is 11.0. The minimum absolute atomic E-state index is 0.454. The molecule has 0 atom stereocenters. The largest absolute Gasteiger partial charge is 0.493 e. The third-order valence-corrected chi connectivity index (χ3v) is 4.85. The molecule has 2 rings (SSSR count). The molecule has 0 saturated heterocycles. The van der Waals surface area contributed by atoms with Crippen molar-refractivity contribution >= 4 is 6.29 Å². The molecule has 0 aliphatic rings. The van der Waals surface area contributed by atoms with Gasteiger partial charge in [-0.05, 0) is 53.8 Å². The van der Waals surface area contributed by atoms with Crippen LogP contribution in [0.1, 0.15) is 17.5 Å². The predicted octanol–water partition coefficient (Wildman–Crippen LogP) is 4.04. The van der Waals surface area contributed by atoms with E-state index >= 15 is 0 Å². The first-order valence-corrected chi connectivity index (χ1v) is 9.77. The predicted molar refractivity (Wildman–Crippen MR) is 118 cm³/mol. The number of allylic oxidation sites excluding steroid dienone is 2. The highest BCUT2D eigenvalue weighted by molar-refractivity contribution is 5.74. The molecule has 0 unspecified atom stereocenters. The van der Waals surface area contributed by atoms with Crippen LogP contribution < -0.4 is 28.4 Å². The van der Waals surface area contributed by atoms with E-state index < -0.39 is 0 Å². The van der Waals surface area contributed by atoms with Gasteiger partial charge in [-0.1, -0.05) is 6.08 Å². The molecule has 0 radical (unpaired) electrons. The smallest absolute Gasteiger partial charge is 0.203 e. The Bertz CT molecular complexity index is 868. The second kappa shape index (κ2) is 11.7. The van der Waals surface area contributed by atoms with E-state index in [0.717, 1.165) is 17.4 Å². The number of hydrogen-bond donors (Lipinski definition) is 0. The van der Waals surface area contributed by atoms with E-state index in [-0.39, 0.29) is 0 Å². The van der Waals surface area contributed by atoms with Gasteiger partial charge in [0.1, 0.15) is 6.29 Å². The van der Waals surface area contributed by atoms with Crippen LogP contribution in [0.2, 0.25) is 0 Å². The number of methoxy groups -OCH3 is 6. The van der Waals surface area contributed by atoms with Crippen molar-refractivity contribution in [1.82, 2.24) is 0 Å². The second-order valence-electron chi connectivity index (χ2n) is 6.68. The highest BCUT2D eigenvalue weighted by Gasteiger charge is 2.15. The Kier molecular flexibility index (Phi) is 9.06. The van der Waals surface area contributed by atoms with Crippen LogP contribution in [0.3, 0.4) is 0 Å². The first-order chi connectivity index (χ1) is 15.0. The van der Waals surface area contributed by atoms with Gasteiger partial charge in [0.2, 0.25) is 11.5 Å². The summed E-state index contributed by atoms with van der Waals surface area (Å²) in [4.78, 5) is 11.7. The zero-order valence-electron chi connectivity index (χ0n) is 18.9. The molecule has 0 saturated carbocycles. The van der Waals surface area contributed by atoms with Crippen molar-refractivity contribution in [2.45, 2.75) is 19.3 Å². The van der Waals surface area contributed by atoms with Crippen molar-refractivity contribution in [2.24, 2.45) is 0 Å². The third-order valence-electron chi connectivity index (χ3n) is 4.85. The van der Waals surface area contributed by atoms with Gasteiger partial charge in [-0.2, -0.15) is 0 Å². The molecule has 2 aromatic carbocycles. The first kappa shape index (κ1) is 23.9. The zero-order chi connectivity index (χ0) is 22.8. The molecule has 0 aliphatic heterocycles. The molecule has 0 amide bonds. The van der Waals surface area contributed by atoms with Gasteiger partial charge in [-0.3, -0.25) is 4.79 Å². The van der Waals surface area contributed by atoms with Gasteiger partial charge in [-0.25, -0.2) is 0 Å². The van der Waals surface area contributed by atoms with Crippen molar-refractivity contribution < 1.29 is 33.2 Å². The molecule has 0 aromatic heterocycles. The maximum atomic E-state index is 11.7. The first-order valence-electron chi connectivity index (χ1n) is 9.77. The molecule has 0 aliphatic carbocycles. The van der Waals surface area contributed by atoms with Gasteiger partial charge < -0.3 is 28.4 Å². The Morgan fingerprint density at radius 3 is 1.45 bits per heavy atom.